The molecule has 10 nitrogen and oxygen atoms in total. The van der Waals surface area contributed by atoms with Gasteiger partial charge in [-0.2, -0.15) is 0 Å². The molecule has 0 saturated heterocycles. The number of nitrogens with one attached hydrogen (secondary N) is 3. The minimum Gasteiger partial charge on any atom is -0.445 e. The number of hydrazine groups is 1. The van der Waals surface area contributed by atoms with E-state index in [1.807, 2.05) is 26.0 Å². The van der Waals surface area contributed by atoms with Gasteiger partial charge in [-0.1, -0.05) is 33.3 Å². The average molecular weight is 499 g/mol. The fourth-order valence-corrected chi connectivity index (χ4v) is 4.68. The fraction of sp³-hybridized carbons (Fsp3) is 0.577. The van der Waals surface area contributed by atoms with Crippen molar-refractivity contribution in [3.8, 4) is 0 Å². The van der Waals surface area contributed by atoms with Crippen molar-refractivity contribution >= 4 is 17.8 Å². The van der Waals surface area contributed by atoms with Gasteiger partial charge < -0.3 is 10.1 Å². The van der Waals surface area contributed by atoms with Crippen molar-refractivity contribution in [2.24, 2.45) is 17.8 Å². The highest BCUT2D eigenvalue weighted by Crippen LogP contribution is 2.35. The molecule has 2 heterocycles. The summed E-state index contributed by atoms with van der Waals surface area (Å²) in [5.74, 6) is 0.789. The first-order chi connectivity index (χ1) is 17.0. The molecule has 3 atom stereocenters. The van der Waals surface area contributed by atoms with Gasteiger partial charge in [0.15, 0.2) is 0 Å². The predicted molar refractivity (Wildman–Crippen MR) is 137 cm³/mol. The van der Waals surface area contributed by atoms with E-state index in [9.17, 15) is 14.4 Å². The second-order valence-electron chi connectivity index (χ2n) is 10.1. The number of nitrogens with zero attached hydrogens (tertiary/aromatic N) is 3. The second kappa shape index (κ2) is 12.0. The van der Waals surface area contributed by atoms with E-state index in [-0.39, 0.29) is 24.4 Å². The van der Waals surface area contributed by atoms with E-state index in [4.69, 9.17) is 4.74 Å². The third-order valence-electron chi connectivity index (χ3n) is 6.87. The average Bonchev–Trinajstić information content (AvgIpc) is 2.80. The van der Waals surface area contributed by atoms with E-state index < -0.39 is 11.7 Å². The maximum atomic E-state index is 12.9. The normalized spacial score (nSPS) is 19.6. The Bertz CT molecular complexity index is 1150. The highest BCUT2D eigenvalue weighted by atomic mass is 16.6. The van der Waals surface area contributed by atoms with Gasteiger partial charge >= 0.3 is 6.09 Å². The van der Waals surface area contributed by atoms with E-state index in [0.717, 1.165) is 36.2 Å². The molecular weight excluding hydrogens is 460 g/mol. The van der Waals surface area contributed by atoms with Gasteiger partial charge in [-0.15, -0.1) is 0 Å². The van der Waals surface area contributed by atoms with Gasteiger partial charge in [0.1, 0.15) is 12.6 Å². The number of hydrogen-bond donors (Lipinski definition) is 3. The molecule has 0 radical (unpaired) electrons. The number of carbonyl (C=O) groups is 2. The zero-order chi connectivity index (χ0) is 26.4. The quantitative estimate of drug-likeness (QED) is 0.476. The molecular formula is C26H38N6O4. The number of hydrogen-bond acceptors (Lipinski definition) is 7. The van der Waals surface area contributed by atoms with Crippen molar-refractivity contribution < 1.29 is 14.3 Å². The van der Waals surface area contributed by atoms with Crippen LogP contribution in [-0.4, -0.2) is 32.6 Å². The summed E-state index contributed by atoms with van der Waals surface area (Å²) in [6.07, 6.45) is 3.61. The molecule has 0 spiro atoms. The first-order valence-corrected chi connectivity index (χ1v) is 12.5. The van der Waals surface area contributed by atoms with Crippen LogP contribution in [0.1, 0.15) is 62.7 Å². The summed E-state index contributed by atoms with van der Waals surface area (Å²) in [5, 5.41) is 2.82. The summed E-state index contributed by atoms with van der Waals surface area (Å²) in [7, 11) is 0. The Morgan fingerprint density at radius 1 is 1.19 bits per heavy atom. The van der Waals surface area contributed by atoms with Gasteiger partial charge in [-0.05, 0) is 63.0 Å². The zero-order valence-electron chi connectivity index (χ0n) is 22.1. The molecule has 36 heavy (non-hydrogen) atoms. The van der Waals surface area contributed by atoms with Gasteiger partial charge in [0.25, 0.3) is 5.56 Å². The monoisotopic (exact) mass is 498 g/mol. The smallest absolute Gasteiger partial charge is 0.426 e. The molecule has 0 aliphatic heterocycles. The number of rotatable bonds is 8. The number of ether oxygens (including phenoxy) is 1. The van der Waals surface area contributed by atoms with Crippen LogP contribution in [0.15, 0.2) is 23.1 Å². The molecule has 1 unspecified atom stereocenters. The highest BCUT2D eigenvalue weighted by molar-refractivity contribution is 5.76. The molecule has 2 aromatic heterocycles. The van der Waals surface area contributed by atoms with Crippen molar-refractivity contribution in [3.05, 3.63) is 51.3 Å². The summed E-state index contributed by atoms with van der Waals surface area (Å²) in [6.45, 7) is 12.1. The van der Waals surface area contributed by atoms with Crippen LogP contribution in [0.4, 0.5) is 10.6 Å². The molecule has 1 aliphatic rings. The Balaban J connectivity index is 1.59. The molecule has 0 aromatic carbocycles. The summed E-state index contributed by atoms with van der Waals surface area (Å²) in [4.78, 5) is 46.4. The summed E-state index contributed by atoms with van der Waals surface area (Å²) >= 11 is 0. The first kappa shape index (κ1) is 27.2. The maximum absolute atomic E-state index is 12.9. The van der Waals surface area contributed by atoms with Gasteiger partial charge in [-0.25, -0.2) is 15.2 Å². The molecule has 2 amide bonds. The Morgan fingerprint density at radius 3 is 2.64 bits per heavy atom. The number of pyridine rings is 1. The molecule has 0 bridgehead atoms. The Morgan fingerprint density at radius 2 is 1.94 bits per heavy atom. The number of carbonyl (C=O) groups excluding carboxylic acids is 2. The van der Waals surface area contributed by atoms with Crippen LogP contribution < -0.4 is 21.7 Å². The van der Waals surface area contributed by atoms with Gasteiger partial charge in [-0.3, -0.25) is 24.6 Å². The molecule has 1 aliphatic carbocycles. The first-order valence-electron chi connectivity index (χ1n) is 12.5. The maximum Gasteiger partial charge on any atom is 0.426 e. The standard InChI is InChI=1S/C26H38N6O4/c1-15(2)21-10-7-16(3)11-22(21)36-26(35)31-30-24-25(34)32(18(5)12-28-24)14-23(33)27-13-20-9-8-17(4)29-19(20)6/h8-9,12,15-16,21-22H,7,10-11,13-14H2,1-6H3,(H,27,33)(H,28,30)(H,31,35)/t16-,21?,22-/m1/s1. The SMILES string of the molecule is Cc1ccc(CNC(=O)Cn2c(C)cnc(NNC(=O)O[C@@H]3C[C@H](C)CCC3C(C)C)c2=O)c(C)n1. The lowest BCUT2D eigenvalue weighted by Crippen LogP contribution is -2.42. The van der Waals surface area contributed by atoms with E-state index in [2.05, 4.69) is 46.9 Å². The summed E-state index contributed by atoms with van der Waals surface area (Å²) < 4.78 is 6.99. The lowest BCUT2D eigenvalue weighted by atomic mass is 9.75. The number of aromatic nitrogens is 3. The summed E-state index contributed by atoms with van der Waals surface area (Å²) in [6, 6.07) is 3.81. The molecule has 196 valence electrons. The van der Waals surface area contributed by atoms with E-state index >= 15 is 0 Å². The highest BCUT2D eigenvalue weighted by Gasteiger charge is 2.33. The third kappa shape index (κ3) is 7.05. The molecule has 2 aromatic rings. The zero-order valence-corrected chi connectivity index (χ0v) is 22.1. The Labute approximate surface area is 212 Å². The molecule has 1 fully saturated rings. The molecule has 3 N–H and O–H groups in total. The lowest BCUT2D eigenvalue weighted by Gasteiger charge is -2.36. The topological polar surface area (TPSA) is 127 Å². The minimum atomic E-state index is -0.659. The van der Waals surface area contributed by atoms with Crippen LogP contribution >= 0.6 is 0 Å². The van der Waals surface area contributed by atoms with Crippen molar-refractivity contribution in [2.45, 2.75) is 80.0 Å². The predicted octanol–water partition coefficient (Wildman–Crippen LogP) is 3.39. The minimum absolute atomic E-state index is 0.0960. The van der Waals surface area contributed by atoms with Crippen molar-refractivity contribution in [2.75, 3.05) is 5.43 Å². The number of amides is 2. The van der Waals surface area contributed by atoms with Crippen LogP contribution in [0.3, 0.4) is 0 Å². The van der Waals surface area contributed by atoms with E-state index in [0.29, 0.717) is 30.0 Å². The largest absolute Gasteiger partial charge is 0.445 e. The van der Waals surface area contributed by atoms with Crippen LogP contribution in [0, 0.1) is 38.5 Å². The second-order valence-corrected chi connectivity index (χ2v) is 10.1. The van der Waals surface area contributed by atoms with Crippen LogP contribution in [-0.2, 0) is 22.6 Å². The van der Waals surface area contributed by atoms with Crippen LogP contribution in [0.2, 0.25) is 0 Å². The summed E-state index contributed by atoms with van der Waals surface area (Å²) in [5.41, 5.74) is 7.65. The van der Waals surface area contributed by atoms with E-state index in [1.165, 1.54) is 10.8 Å². The fourth-order valence-electron chi connectivity index (χ4n) is 4.68. The van der Waals surface area contributed by atoms with Crippen LogP contribution in [0.5, 0.6) is 0 Å². The molecule has 1 saturated carbocycles. The molecule has 10 heteroatoms. The Hall–Kier alpha value is -3.43. The molecule has 3 rings (SSSR count). The van der Waals surface area contributed by atoms with Crippen molar-refractivity contribution in [1.29, 1.82) is 0 Å². The lowest BCUT2D eigenvalue weighted by molar-refractivity contribution is -0.121. The van der Waals surface area contributed by atoms with E-state index in [1.54, 1.807) is 6.92 Å². The number of anilines is 1. The Kier molecular flexibility index (Phi) is 9.06. The van der Waals surface area contributed by atoms with Gasteiger partial charge in [0.05, 0.1) is 0 Å². The van der Waals surface area contributed by atoms with Crippen molar-refractivity contribution in [1.82, 2.24) is 25.3 Å². The number of aryl methyl sites for hydroxylation is 3. The van der Waals surface area contributed by atoms with Crippen molar-refractivity contribution in [3.63, 3.8) is 0 Å². The van der Waals surface area contributed by atoms with Gasteiger partial charge in [0, 0.05) is 29.8 Å². The van der Waals surface area contributed by atoms with Crippen LogP contribution in [0.25, 0.3) is 0 Å². The van der Waals surface area contributed by atoms with Gasteiger partial charge in [0.2, 0.25) is 11.7 Å². The third-order valence-corrected chi connectivity index (χ3v) is 6.87.